The first-order valence-corrected chi connectivity index (χ1v) is 7.44. The maximum absolute atomic E-state index is 11.8. The van der Waals surface area contributed by atoms with Gasteiger partial charge in [0.1, 0.15) is 5.75 Å². The molecule has 0 saturated heterocycles. The normalized spacial score (nSPS) is 10.0. The second-order valence-electron chi connectivity index (χ2n) is 4.78. The lowest BCUT2D eigenvalue weighted by molar-refractivity contribution is -0.136. The van der Waals surface area contributed by atoms with Crippen LogP contribution in [0.4, 0.5) is 5.69 Å². The van der Waals surface area contributed by atoms with Gasteiger partial charge in [-0.05, 0) is 36.2 Å². The van der Waals surface area contributed by atoms with Crippen LogP contribution in [-0.4, -0.2) is 25.5 Å². The predicted octanol–water partition coefficient (Wildman–Crippen LogP) is 2.65. The smallest absolute Gasteiger partial charge is 0.313 e. The molecule has 2 N–H and O–H groups in total. The number of rotatable bonds is 5. The molecule has 0 aromatic heterocycles. The number of halogens is 1. The first kappa shape index (κ1) is 16.8. The Balaban J connectivity index is 1.83. The van der Waals surface area contributed by atoms with E-state index >= 15 is 0 Å². The Morgan fingerprint density at radius 1 is 1.09 bits per heavy atom. The molecule has 2 aromatic carbocycles. The summed E-state index contributed by atoms with van der Waals surface area (Å²) >= 11 is 5.82. The van der Waals surface area contributed by atoms with E-state index < -0.39 is 11.8 Å². The summed E-state index contributed by atoms with van der Waals surface area (Å²) in [5.41, 5.74) is 1.44. The standard InChI is InChI=1S/C17H17ClN2O3/c1-23-15-8-3-2-5-12(15)9-10-19-16(21)17(22)20-14-7-4-6-13(18)11-14/h2-8,11H,9-10H2,1H3,(H,19,21)(H,20,22). The van der Waals surface area contributed by atoms with E-state index in [0.29, 0.717) is 23.7 Å². The van der Waals surface area contributed by atoms with Crippen molar-refractivity contribution in [2.45, 2.75) is 6.42 Å². The molecule has 2 aromatic rings. The molecule has 0 unspecified atom stereocenters. The zero-order valence-corrected chi connectivity index (χ0v) is 13.4. The summed E-state index contributed by atoms with van der Waals surface area (Å²) < 4.78 is 5.24. The molecule has 23 heavy (non-hydrogen) atoms. The summed E-state index contributed by atoms with van der Waals surface area (Å²) in [4.78, 5) is 23.6. The number of carbonyl (C=O) groups is 2. The van der Waals surface area contributed by atoms with Crippen LogP contribution in [0.25, 0.3) is 0 Å². The highest BCUT2D eigenvalue weighted by Crippen LogP contribution is 2.17. The van der Waals surface area contributed by atoms with Crippen molar-refractivity contribution in [1.82, 2.24) is 5.32 Å². The number of benzene rings is 2. The van der Waals surface area contributed by atoms with E-state index in [1.165, 1.54) is 0 Å². The minimum absolute atomic E-state index is 0.335. The third-order valence-corrected chi connectivity index (χ3v) is 3.40. The fraction of sp³-hybridized carbons (Fsp3) is 0.176. The van der Waals surface area contributed by atoms with Gasteiger partial charge in [-0.3, -0.25) is 9.59 Å². The SMILES string of the molecule is COc1ccccc1CCNC(=O)C(=O)Nc1cccc(Cl)c1. The van der Waals surface area contributed by atoms with E-state index in [4.69, 9.17) is 16.3 Å². The summed E-state index contributed by atoms with van der Waals surface area (Å²) in [6, 6.07) is 14.1. The van der Waals surface area contributed by atoms with E-state index in [-0.39, 0.29) is 0 Å². The highest BCUT2D eigenvalue weighted by atomic mass is 35.5. The minimum Gasteiger partial charge on any atom is -0.496 e. The van der Waals surface area contributed by atoms with Gasteiger partial charge in [0.15, 0.2) is 0 Å². The molecule has 0 saturated carbocycles. The lowest BCUT2D eigenvalue weighted by Gasteiger charge is -2.09. The van der Waals surface area contributed by atoms with Crippen LogP contribution < -0.4 is 15.4 Å². The first-order chi connectivity index (χ1) is 11.1. The van der Waals surface area contributed by atoms with Crippen molar-refractivity contribution < 1.29 is 14.3 Å². The molecule has 0 radical (unpaired) electrons. The minimum atomic E-state index is -0.729. The Morgan fingerprint density at radius 3 is 2.61 bits per heavy atom. The van der Waals surface area contributed by atoms with Gasteiger partial charge in [0.05, 0.1) is 7.11 Å². The number of ether oxygens (including phenoxy) is 1. The van der Waals surface area contributed by atoms with Crippen LogP contribution in [0.15, 0.2) is 48.5 Å². The molecular weight excluding hydrogens is 316 g/mol. The van der Waals surface area contributed by atoms with Crippen molar-refractivity contribution in [1.29, 1.82) is 0 Å². The second kappa shape index (κ2) is 8.19. The quantitative estimate of drug-likeness (QED) is 0.827. The molecule has 5 nitrogen and oxygen atoms in total. The van der Waals surface area contributed by atoms with E-state index in [9.17, 15) is 9.59 Å². The number of nitrogens with one attached hydrogen (secondary N) is 2. The maximum Gasteiger partial charge on any atom is 0.313 e. The van der Waals surface area contributed by atoms with Gasteiger partial charge in [-0.1, -0.05) is 35.9 Å². The highest BCUT2D eigenvalue weighted by molar-refractivity contribution is 6.39. The van der Waals surface area contributed by atoms with Crippen molar-refractivity contribution >= 4 is 29.1 Å². The highest BCUT2D eigenvalue weighted by Gasteiger charge is 2.13. The number of hydrogen-bond donors (Lipinski definition) is 2. The summed E-state index contributed by atoms with van der Waals surface area (Å²) in [6.45, 7) is 0.335. The van der Waals surface area contributed by atoms with Crippen molar-refractivity contribution in [2.24, 2.45) is 0 Å². The molecule has 0 bridgehead atoms. The summed E-state index contributed by atoms with van der Waals surface area (Å²) in [5.74, 6) is -0.669. The Labute approximate surface area is 139 Å². The Hall–Kier alpha value is -2.53. The Kier molecular flexibility index (Phi) is 6.00. The van der Waals surface area contributed by atoms with Crippen LogP contribution in [0.2, 0.25) is 5.02 Å². The molecule has 6 heteroatoms. The Bertz CT molecular complexity index is 704. The van der Waals surface area contributed by atoms with Gasteiger partial charge in [0, 0.05) is 17.3 Å². The molecule has 0 aliphatic carbocycles. The van der Waals surface area contributed by atoms with Crippen LogP contribution >= 0.6 is 11.6 Å². The largest absolute Gasteiger partial charge is 0.496 e. The van der Waals surface area contributed by atoms with E-state index in [1.54, 1.807) is 31.4 Å². The van der Waals surface area contributed by atoms with Gasteiger partial charge in [0.2, 0.25) is 0 Å². The van der Waals surface area contributed by atoms with Gasteiger partial charge in [-0.15, -0.1) is 0 Å². The average Bonchev–Trinajstić information content (AvgIpc) is 2.55. The molecule has 0 heterocycles. The fourth-order valence-electron chi connectivity index (χ4n) is 2.05. The van der Waals surface area contributed by atoms with E-state index in [2.05, 4.69) is 10.6 Å². The van der Waals surface area contributed by atoms with Crippen LogP contribution in [0.1, 0.15) is 5.56 Å². The van der Waals surface area contributed by atoms with Gasteiger partial charge in [-0.2, -0.15) is 0 Å². The van der Waals surface area contributed by atoms with Crippen molar-refractivity contribution in [3.63, 3.8) is 0 Å². The van der Waals surface area contributed by atoms with Gasteiger partial charge in [0.25, 0.3) is 0 Å². The first-order valence-electron chi connectivity index (χ1n) is 7.07. The molecule has 2 amide bonds. The lowest BCUT2D eigenvalue weighted by atomic mass is 10.1. The fourth-order valence-corrected chi connectivity index (χ4v) is 2.24. The van der Waals surface area contributed by atoms with E-state index in [0.717, 1.165) is 11.3 Å². The maximum atomic E-state index is 11.8. The molecule has 2 rings (SSSR count). The second-order valence-corrected chi connectivity index (χ2v) is 5.22. The van der Waals surface area contributed by atoms with E-state index in [1.807, 2.05) is 24.3 Å². The molecule has 0 fully saturated rings. The number of amides is 2. The number of hydrogen-bond acceptors (Lipinski definition) is 3. The molecular formula is C17H17ClN2O3. The molecule has 0 aliphatic heterocycles. The van der Waals surface area contributed by atoms with Crippen LogP contribution in [0, 0.1) is 0 Å². The molecule has 120 valence electrons. The molecule has 0 spiro atoms. The molecule has 0 aliphatic rings. The monoisotopic (exact) mass is 332 g/mol. The summed E-state index contributed by atoms with van der Waals surface area (Å²) in [5, 5.41) is 5.56. The predicted molar refractivity (Wildman–Crippen MR) is 89.8 cm³/mol. The van der Waals surface area contributed by atoms with Crippen molar-refractivity contribution in [3.8, 4) is 5.75 Å². The number of para-hydroxylation sites is 1. The lowest BCUT2D eigenvalue weighted by Crippen LogP contribution is -2.36. The third kappa shape index (κ3) is 5.00. The average molecular weight is 333 g/mol. The zero-order chi connectivity index (χ0) is 16.7. The van der Waals surface area contributed by atoms with Crippen LogP contribution in [0.5, 0.6) is 5.75 Å². The van der Waals surface area contributed by atoms with Crippen molar-refractivity contribution in [3.05, 3.63) is 59.1 Å². The number of carbonyl (C=O) groups excluding carboxylic acids is 2. The van der Waals surface area contributed by atoms with Gasteiger partial charge >= 0.3 is 11.8 Å². The number of anilines is 1. The zero-order valence-electron chi connectivity index (χ0n) is 12.6. The van der Waals surface area contributed by atoms with Gasteiger partial charge < -0.3 is 15.4 Å². The summed E-state index contributed by atoms with van der Waals surface area (Å²) in [6.07, 6.45) is 0.570. The number of methoxy groups -OCH3 is 1. The topological polar surface area (TPSA) is 67.4 Å². The van der Waals surface area contributed by atoms with Gasteiger partial charge in [-0.25, -0.2) is 0 Å². The van der Waals surface area contributed by atoms with Crippen LogP contribution in [-0.2, 0) is 16.0 Å². The molecule has 0 atom stereocenters. The summed E-state index contributed by atoms with van der Waals surface area (Å²) in [7, 11) is 1.59. The Morgan fingerprint density at radius 2 is 1.87 bits per heavy atom. The third-order valence-electron chi connectivity index (χ3n) is 3.16. The van der Waals surface area contributed by atoms with Crippen molar-refractivity contribution in [2.75, 3.05) is 19.0 Å². The van der Waals surface area contributed by atoms with Crippen LogP contribution in [0.3, 0.4) is 0 Å².